The minimum absolute atomic E-state index is 0.714. The Morgan fingerprint density at radius 1 is 1.56 bits per heavy atom. The second-order valence-corrected chi connectivity index (χ2v) is 4.66. The second-order valence-electron chi connectivity index (χ2n) is 4.66. The number of piperidine rings is 1. The second kappa shape index (κ2) is 5.16. The van der Waals surface area contributed by atoms with Gasteiger partial charge in [0.1, 0.15) is 0 Å². The Kier molecular flexibility index (Phi) is 3.62. The number of nitrogens with one attached hydrogen (secondary N) is 1. The van der Waals surface area contributed by atoms with Gasteiger partial charge < -0.3 is 16.0 Å². The maximum absolute atomic E-state index is 5.68. The number of nitrogens with two attached hydrogens (primary N) is 1. The minimum atomic E-state index is 0.714. The van der Waals surface area contributed by atoms with Crippen molar-refractivity contribution >= 4 is 11.4 Å². The van der Waals surface area contributed by atoms with E-state index in [0.717, 1.165) is 18.2 Å². The Morgan fingerprint density at radius 3 is 3.19 bits per heavy atom. The lowest BCUT2D eigenvalue weighted by Gasteiger charge is -2.29. The van der Waals surface area contributed by atoms with Crippen molar-refractivity contribution < 1.29 is 0 Å². The molecule has 16 heavy (non-hydrogen) atoms. The third-order valence-corrected chi connectivity index (χ3v) is 3.08. The summed E-state index contributed by atoms with van der Waals surface area (Å²) in [5.41, 5.74) is 7.41. The molecule has 1 atom stereocenters. The van der Waals surface area contributed by atoms with E-state index >= 15 is 0 Å². The van der Waals surface area contributed by atoms with E-state index in [0.29, 0.717) is 5.69 Å². The van der Waals surface area contributed by atoms with Crippen LogP contribution in [0.1, 0.15) is 12.8 Å². The molecule has 4 nitrogen and oxygen atoms in total. The van der Waals surface area contributed by atoms with E-state index in [2.05, 4.69) is 22.2 Å². The predicted molar refractivity (Wildman–Crippen MR) is 67.4 cm³/mol. The Morgan fingerprint density at radius 2 is 2.44 bits per heavy atom. The average molecular weight is 220 g/mol. The number of aromatic nitrogens is 1. The molecule has 1 aromatic rings. The summed E-state index contributed by atoms with van der Waals surface area (Å²) < 4.78 is 0. The first-order valence-corrected chi connectivity index (χ1v) is 5.87. The molecule has 0 aromatic carbocycles. The van der Waals surface area contributed by atoms with Crippen molar-refractivity contribution in [3.63, 3.8) is 0 Å². The van der Waals surface area contributed by atoms with Gasteiger partial charge in [0.25, 0.3) is 0 Å². The largest absolute Gasteiger partial charge is 0.397 e. The van der Waals surface area contributed by atoms with Crippen molar-refractivity contribution in [1.29, 1.82) is 0 Å². The van der Waals surface area contributed by atoms with Crippen LogP contribution in [-0.2, 0) is 0 Å². The number of rotatable bonds is 3. The molecular weight excluding hydrogens is 200 g/mol. The predicted octanol–water partition coefficient (Wildman–Crippen LogP) is 1.42. The van der Waals surface area contributed by atoms with Crippen molar-refractivity contribution in [3.05, 3.63) is 18.5 Å². The molecule has 1 fully saturated rings. The zero-order chi connectivity index (χ0) is 11.4. The van der Waals surface area contributed by atoms with Gasteiger partial charge in [-0.05, 0) is 38.4 Å². The fraction of sp³-hybridized carbons (Fsp3) is 0.583. The van der Waals surface area contributed by atoms with Crippen LogP contribution < -0.4 is 11.1 Å². The van der Waals surface area contributed by atoms with Crippen LogP contribution in [0.2, 0.25) is 0 Å². The van der Waals surface area contributed by atoms with Crippen molar-refractivity contribution in [2.45, 2.75) is 12.8 Å². The van der Waals surface area contributed by atoms with Crippen LogP contribution in [-0.4, -0.2) is 36.6 Å². The number of nitrogens with zero attached hydrogens (tertiary/aromatic N) is 2. The van der Waals surface area contributed by atoms with E-state index in [1.54, 1.807) is 6.20 Å². The molecule has 3 N–H and O–H groups in total. The third kappa shape index (κ3) is 3.10. The first-order chi connectivity index (χ1) is 7.74. The summed E-state index contributed by atoms with van der Waals surface area (Å²) in [4.78, 5) is 6.46. The lowest BCUT2D eigenvalue weighted by atomic mass is 9.98. The normalized spacial score (nSPS) is 21.9. The Bertz CT molecular complexity index is 340. The fourth-order valence-electron chi connectivity index (χ4n) is 2.26. The molecule has 0 amide bonds. The SMILES string of the molecule is CN1CCCC(CNc2cncc(N)c2)C1. The monoisotopic (exact) mass is 220 g/mol. The van der Waals surface area contributed by atoms with Crippen molar-refractivity contribution in [3.8, 4) is 0 Å². The summed E-state index contributed by atoms with van der Waals surface area (Å²) in [7, 11) is 2.19. The van der Waals surface area contributed by atoms with Gasteiger partial charge in [-0.15, -0.1) is 0 Å². The molecule has 2 heterocycles. The average Bonchev–Trinajstić information content (AvgIpc) is 2.27. The zero-order valence-electron chi connectivity index (χ0n) is 9.82. The molecule has 4 heteroatoms. The van der Waals surface area contributed by atoms with Gasteiger partial charge in [0.05, 0.1) is 17.6 Å². The van der Waals surface area contributed by atoms with Crippen LogP contribution in [0.3, 0.4) is 0 Å². The summed E-state index contributed by atoms with van der Waals surface area (Å²) in [6, 6.07) is 1.93. The number of hydrogen-bond acceptors (Lipinski definition) is 4. The molecule has 88 valence electrons. The fourth-order valence-corrected chi connectivity index (χ4v) is 2.26. The summed E-state index contributed by atoms with van der Waals surface area (Å²) >= 11 is 0. The van der Waals surface area contributed by atoms with Crippen LogP contribution in [0.15, 0.2) is 18.5 Å². The summed E-state index contributed by atoms with van der Waals surface area (Å²) in [5.74, 6) is 0.736. The molecule has 0 radical (unpaired) electrons. The molecule has 0 saturated carbocycles. The molecule has 0 bridgehead atoms. The number of pyridine rings is 1. The Labute approximate surface area is 96.8 Å². The van der Waals surface area contributed by atoms with Crippen LogP contribution in [0.5, 0.6) is 0 Å². The van der Waals surface area contributed by atoms with Crippen molar-refractivity contribution in [2.24, 2.45) is 5.92 Å². The van der Waals surface area contributed by atoms with Crippen molar-refractivity contribution in [2.75, 3.05) is 37.7 Å². The quantitative estimate of drug-likeness (QED) is 0.809. The number of hydrogen-bond donors (Lipinski definition) is 2. The van der Waals surface area contributed by atoms with Gasteiger partial charge in [-0.2, -0.15) is 0 Å². The lowest BCUT2D eigenvalue weighted by molar-refractivity contribution is 0.217. The molecule has 1 aliphatic heterocycles. The van der Waals surface area contributed by atoms with E-state index in [4.69, 9.17) is 5.73 Å². The molecule has 2 rings (SSSR count). The van der Waals surface area contributed by atoms with Crippen molar-refractivity contribution in [1.82, 2.24) is 9.88 Å². The molecule has 0 aliphatic carbocycles. The highest BCUT2D eigenvalue weighted by Gasteiger charge is 2.16. The van der Waals surface area contributed by atoms with Crippen LogP contribution in [0.25, 0.3) is 0 Å². The molecule has 1 unspecified atom stereocenters. The maximum atomic E-state index is 5.68. The van der Waals surface area contributed by atoms with E-state index < -0.39 is 0 Å². The highest BCUT2D eigenvalue weighted by Crippen LogP contribution is 2.16. The number of likely N-dealkylation sites (tertiary alicyclic amines) is 1. The number of anilines is 2. The highest BCUT2D eigenvalue weighted by molar-refractivity contribution is 5.51. The third-order valence-electron chi connectivity index (χ3n) is 3.08. The van der Waals surface area contributed by atoms with E-state index in [1.807, 2.05) is 12.3 Å². The highest BCUT2D eigenvalue weighted by atomic mass is 15.1. The standard InChI is InChI=1S/C12H20N4/c1-16-4-2-3-10(9-16)6-15-12-5-11(13)7-14-8-12/h5,7-8,10,15H,2-4,6,9,13H2,1H3. The van der Waals surface area contributed by atoms with Crippen LogP contribution >= 0.6 is 0 Å². The van der Waals surface area contributed by atoms with Gasteiger partial charge in [0, 0.05) is 19.3 Å². The van der Waals surface area contributed by atoms with Gasteiger partial charge >= 0.3 is 0 Å². The van der Waals surface area contributed by atoms with Gasteiger partial charge in [0.15, 0.2) is 0 Å². The van der Waals surface area contributed by atoms with Gasteiger partial charge in [-0.1, -0.05) is 0 Å². The summed E-state index contributed by atoms with van der Waals surface area (Å²) in [6.07, 6.45) is 6.10. The minimum Gasteiger partial charge on any atom is -0.397 e. The van der Waals surface area contributed by atoms with Gasteiger partial charge in [0.2, 0.25) is 0 Å². The van der Waals surface area contributed by atoms with Crippen LogP contribution in [0.4, 0.5) is 11.4 Å². The summed E-state index contributed by atoms with van der Waals surface area (Å²) in [5, 5.41) is 3.41. The van der Waals surface area contributed by atoms with E-state index in [1.165, 1.54) is 25.9 Å². The smallest absolute Gasteiger partial charge is 0.0547 e. The molecule has 1 aliphatic rings. The van der Waals surface area contributed by atoms with E-state index in [9.17, 15) is 0 Å². The van der Waals surface area contributed by atoms with E-state index in [-0.39, 0.29) is 0 Å². The first kappa shape index (κ1) is 11.2. The van der Waals surface area contributed by atoms with Crippen LogP contribution in [0, 0.1) is 5.92 Å². The number of nitrogen functional groups attached to an aromatic ring is 1. The summed E-state index contributed by atoms with van der Waals surface area (Å²) in [6.45, 7) is 3.43. The topological polar surface area (TPSA) is 54.2 Å². The van der Waals surface area contributed by atoms with Gasteiger partial charge in [-0.3, -0.25) is 4.98 Å². The molecular formula is C12H20N4. The Balaban J connectivity index is 1.82. The molecule has 1 saturated heterocycles. The first-order valence-electron chi connectivity index (χ1n) is 5.87. The maximum Gasteiger partial charge on any atom is 0.0547 e. The molecule has 0 spiro atoms. The van der Waals surface area contributed by atoms with Gasteiger partial charge in [-0.25, -0.2) is 0 Å². The Hall–Kier alpha value is -1.29. The molecule has 1 aromatic heterocycles. The lowest BCUT2D eigenvalue weighted by Crippen LogP contribution is -2.35. The zero-order valence-corrected chi connectivity index (χ0v) is 9.82.